The predicted molar refractivity (Wildman–Crippen MR) is 105 cm³/mol. The van der Waals surface area contributed by atoms with E-state index in [4.69, 9.17) is 9.97 Å². The molecule has 2 aliphatic rings. The molecule has 0 spiro atoms. The van der Waals surface area contributed by atoms with Gasteiger partial charge in [0.1, 0.15) is 11.3 Å². The fraction of sp³-hybridized carbons (Fsp3) is 0.350. The second-order valence-electron chi connectivity index (χ2n) is 7.25. The number of H-pyrrole nitrogens is 1. The van der Waals surface area contributed by atoms with Crippen molar-refractivity contribution in [2.24, 2.45) is 0 Å². The van der Waals surface area contributed by atoms with Gasteiger partial charge in [-0.1, -0.05) is 12.1 Å². The molecule has 7 nitrogen and oxygen atoms in total. The molecule has 1 saturated heterocycles. The SMILES string of the molecule is Cc1nc2cccc(-c3cc4c([nH]3)CCNC4=O)c2nc1NC1CCNC1. The monoisotopic (exact) mass is 362 g/mol. The number of nitrogens with zero attached hydrogens (tertiary/aromatic N) is 2. The fourth-order valence-corrected chi connectivity index (χ4v) is 3.93. The number of para-hydroxylation sites is 1. The molecule has 138 valence electrons. The van der Waals surface area contributed by atoms with E-state index in [0.29, 0.717) is 12.6 Å². The highest BCUT2D eigenvalue weighted by Crippen LogP contribution is 2.30. The molecule has 27 heavy (non-hydrogen) atoms. The number of carbonyl (C=O) groups excluding carboxylic acids is 1. The van der Waals surface area contributed by atoms with Crippen molar-refractivity contribution in [1.82, 2.24) is 25.6 Å². The van der Waals surface area contributed by atoms with E-state index in [9.17, 15) is 4.79 Å². The van der Waals surface area contributed by atoms with E-state index in [1.165, 1.54) is 0 Å². The first-order valence-electron chi connectivity index (χ1n) is 9.44. The number of benzene rings is 1. The number of amides is 1. The highest BCUT2D eigenvalue weighted by atomic mass is 16.1. The molecule has 7 heteroatoms. The maximum atomic E-state index is 12.1. The van der Waals surface area contributed by atoms with E-state index in [1.54, 1.807) is 0 Å². The predicted octanol–water partition coefficient (Wildman–Crippen LogP) is 1.99. The van der Waals surface area contributed by atoms with Crippen molar-refractivity contribution >= 4 is 22.8 Å². The summed E-state index contributed by atoms with van der Waals surface area (Å²) < 4.78 is 0. The van der Waals surface area contributed by atoms with Gasteiger partial charge in [0, 0.05) is 42.5 Å². The van der Waals surface area contributed by atoms with Gasteiger partial charge < -0.3 is 20.9 Å². The largest absolute Gasteiger partial charge is 0.364 e. The average molecular weight is 362 g/mol. The molecule has 0 bridgehead atoms. The van der Waals surface area contributed by atoms with Crippen LogP contribution in [0.4, 0.5) is 5.82 Å². The van der Waals surface area contributed by atoms with E-state index < -0.39 is 0 Å². The van der Waals surface area contributed by atoms with E-state index in [2.05, 4.69) is 20.9 Å². The fourth-order valence-electron chi connectivity index (χ4n) is 3.93. The van der Waals surface area contributed by atoms with Crippen LogP contribution < -0.4 is 16.0 Å². The Morgan fingerprint density at radius 3 is 2.93 bits per heavy atom. The zero-order valence-corrected chi connectivity index (χ0v) is 15.2. The molecule has 1 unspecified atom stereocenters. The molecule has 0 saturated carbocycles. The van der Waals surface area contributed by atoms with Crippen LogP contribution in [0.25, 0.3) is 22.3 Å². The second-order valence-corrected chi connectivity index (χ2v) is 7.25. The lowest BCUT2D eigenvalue weighted by molar-refractivity contribution is 0.0946. The first-order chi connectivity index (χ1) is 13.2. The molecule has 0 radical (unpaired) electrons. The maximum Gasteiger partial charge on any atom is 0.253 e. The van der Waals surface area contributed by atoms with Crippen LogP contribution in [-0.2, 0) is 6.42 Å². The summed E-state index contributed by atoms with van der Waals surface area (Å²) in [6.07, 6.45) is 1.90. The Morgan fingerprint density at radius 1 is 1.19 bits per heavy atom. The van der Waals surface area contributed by atoms with Gasteiger partial charge in [-0.3, -0.25) is 4.79 Å². The van der Waals surface area contributed by atoms with Crippen LogP contribution in [0.2, 0.25) is 0 Å². The second kappa shape index (κ2) is 6.35. The Kier molecular flexibility index (Phi) is 3.82. The summed E-state index contributed by atoms with van der Waals surface area (Å²) in [7, 11) is 0. The van der Waals surface area contributed by atoms with Crippen LogP contribution in [0.1, 0.15) is 28.2 Å². The lowest BCUT2D eigenvalue weighted by atomic mass is 10.1. The number of rotatable bonds is 3. The maximum absolute atomic E-state index is 12.1. The van der Waals surface area contributed by atoms with Gasteiger partial charge in [-0.2, -0.15) is 0 Å². The van der Waals surface area contributed by atoms with Crippen molar-refractivity contribution in [3.8, 4) is 11.3 Å². The molecule has 4 N–H and O–H groups in total. The van der Waals surface area contributed by atoms with Crippen molar-refractivity contribution in [2.75, 3.05) is 25.0 Å². The van der Waals surface area contributed by atoms with E-state index >= 15 is 0 Å². The van der Waals surface area contributed by atoms with Gasteiger partial charge in [0.15, 0.2) is 0 Å². The van der Waals surface area contributed by atoms with Crippen LogP contribution >= 0.6 is 0 Å². The van der Waals surface area contributed by atoms with Gasteiger partial charge in [-0.05, 0) is 32.0 Å². The minimum absolute atomic E-state index is 0.0167. The molecule has 1 fully saturated rings. The summed E-state index contributed by atoms with van der Waals surface area (Å²) >= 11 is 0. The molecule has 0 aliphatic carbocycles. The Balaban J connectivity index is 1.61. The van der Waals surface area contributed by atoms with Crippen molar-refractivity contribution < 1.29 is 4.79 Å². The van der Waals surface area contributed by atoms with Crippen molar-refractivity contribution in [2.45, 2.75) is 25.8 Å². The minimum Gasteiger partial charge on any atom is -0.364 e. The molecule has 1 atom stereocenters. The standard InChI is InChI=1S/C20H22N6O/c1-11-19(24-12-5-7-21-10-12)26-18-13(3-2-4-16(18)23-11)17-9-14-15(25-17)6-8-22-20(14)27/h2-4,9,12,21,25H,5-8,10H2,1H3,(H,22,27)(H,24,26). The van der Waals surface area contributed by atoms with Crippen molar-refractivity contribution in [1.29, 1.82) is 0 Å². The molecule has 5 rings (SSSR count). The van der Waals surface area contributed by atoms with Crippen LogP contribution in [0.5, 0.6) is 0 Å². The number of aromatic nitrogens is 3. The highest BCUT2D eigenvalue weighted by molar-refractivity contribution is 5.99. The summed E-state index contributed by atoms with van der Waals surface area (Å²) in [6.45, 7) is 4.63. The van der Waals surface area contributed by atoms with Crippen molar-refractivity contribution in [3.05, 3.63) is 41.2 Å². The van der Waals surface area contributed by atoms with Crippen LogP contribution in [0, 0.1) is 6.92 Å². The summed E-state index contributed by atoms with van der Waals surface area (Å²) in [5, 5.41) is 9.78. The third kappa shape index (κ3) is 2.84. The normalized spacial score (nSPS) is 19.1. The topological polar surface area (TPSA) is 94.7 Å². The quantitative estimate of drug-likeness (QED) is 0.572. The van der Waals surface area contributed by atoms with Crippen LogP contribution in [0.3, 0.4) is 0 Å². The minimum atomic E-state index is -0.0167. The number of carbonyl (C=O) groups is 1. The van der Waals surface area contributed by atoms with E-state index in [0.717, 1.165) is 71.0 Å². The number of hydrogen-bond acceptors (Lipinski definition) is 5. The number of fused-ring (bicyclic) bond motifs is 2. The van der Waals surface area contributed by atoms with Crippen LogP contribution in [-0.4, -0.2) is 46.5 Å². The molecule has 3 aromatic rings. The Labute approximate surface area is 157 Å². The lowest BCUT2D eigenvalue weighted by Crippen LogP contribution is -2.31. The summed E-state index contributed by atoms with van der Waals surface area (Å²) in [5.41, 5.74) is 6.19. The van der Waals surface area contributed by atoms with Gasteiger partial charge >= 0.3 is 0 Å². The molecular weight excluding hydrogens is 340 g/mol. The Morgan fingerprint density at radius 2 is 2.11 bits per heavy atom. The van der Waals surface area contributed by atoms with Gasteiger partial charge in [0.05, 0.1) is 16.8 Å². The first kappa shape index (κ1) is 16.3. The smallest absolute Gasteiger partial charge is 0.253 e. The van der Waals surface area contributed by atoms with Gasteiger partial charge in [-0.25, -0.2) is 9.97 Å². The number of hydrogen-bond donors (Lipinski definition) is 4. The van der Waals surface area contributed by atoms with E-state index in [1.807, 2.05) is 31.2 Å². The molecule has 2 aromatic heterocycles. The molecule has 4 heterocycles. The average Bonchev–Trinajstić information content (AvgIpc) is 3.32. The zero-order chi connectivity index (χ0) is 18.4. The van der Waals surface area contributed by atoms with Crippen LogP contribution in [0.15, 0.2) is 24.3 Å². The number of aromatic amines is 1. The lowest BCUT2D eigenvalue weighted by Gasteiger charge is -2.15. The third-order valence-corrected chi connectivity index (χ3v) is 5.37. The van der Waals surface area contributed by atoms with E-state index in [-0.39, 0.29) is 5.91 Å². The summed E-state index contributed by atoms with van der Waals surface area (Å²) in [5.74, 6) is 0.815. The van der Waals surface area contributed by atoms with Gasteiger partial charge in [0.25, 0.3) is 5.91 Å². The Bertz CT molecular complexity index is 1030. The first-order valence-corrected chi connectivity index (χ1v) is 9.44. The van der Waals surface area contributed by atoms with Crippen molar-refractivity contribution in [3.63, 3.8) is 0 Å². The number of anilines is 1. The van der Waals surface area contributed by atoms with Gasteiger partial charge in [0.2, 0.25) is 0 Å². The number of nitrogens with one attached hydrogen (secondary N) is 4. The molecule has 1 amide bonds. The zero-order valence-electron chi connectivity index (χ0n) is 15.2. The van der Waals surface area contributed by atoms with Gasteiger partial charge in [-0.15, -0.1) is 0 Å². The summed E-state index contributed by atoms with van der Waals surface area (Å²) in [6, 6.07) is 8.30. The molecule has 2 aliphatic heterocycles. The number of aryl methyl sites for hydroxylation is 1. The summed E-state index contributed by atoms with van der Waals surface area (Å²) in [4.78, 5) is 25.2. The highest BCUT2D eigenvalue weighted by Gasteiger charge is 2.22. The molecular formula is C20H22N6O. The Hall–Kier alpha value is -2.93. The third-order valence-electron chi connectivity index (χ3n) is 5.37. The molecule has 1 aromatic carbocycles.